The predicted octanol–water partition coefficient (Wildman–Crippen LogP) is 4.67. The highest BCUT2D eigenvalue weighted by Gasteiger charge is 2.36. The van der Waals surface area contributed by atoms with Crippen LogP contribution in [0.5, 0.6) is 0 Å². The van der Waals surface area contributed by atoms with Crippen molar-refractivity contribution in [3.63, 3.8) is 0 Å². The SMILES string of the molecule is CC[C](O)c1ccc(C(C)(C)C)c(C(F)(F)F)c1. The third-order valence-corrected chi connectivity index (χ3v) is 2.80. The predicted molar refractivity (Wildman–Crippen MR) is 64.7 cm³/mol. The zero-order valence-corrected chi connectivity index (χ0v) is 11.0. The molecule has 0 aliphatic rings. The Labute approximate surface area is 106 Å². The number of hydrogen-bond donors (Lipinski definition) is 1. The number of hydrogen-bond acceptors (Lipinski definition) is 1. The average molecular weight is 259 g/mol. The summed E-state index contributed by atoms with van der Waals surface area (Å²) in [7, 11) is 0. The molecule has 0 saturated carbocycles. The number of alkyl halides is 3. The van der Waals surface area contributed by atoms with Crippen molar-refractivity contribution in [2.24, 2.45) is 0 Å². The lowest BCUT2D eigenvalue weighted by Gasteiger charge is -2.25. The van der Waals surface area contributed by atoms with Crippen molar-refractivity contribution in [2.75, 3.05) is 0 Å². The number of halogens is 3. The van der Waals surface area contributed by atoms with Gasteiger partial charge in [0.2, 0.25) is 0 Å². The van der Waals surface area contributed by atoms with Gasteiger partial charge in [-0.3, -0.25) is 0 Å². The molecule has 0 aromatic heterocycles. The van der Waals surface area contributed by atoms with Gasteiger partial charge in [0.1, 0.15) is 6.10 Å². The first-order chi connectivity index (χ1) is 8.07. The lowest BCUT2D eigenvalue weighted by atomic mass is 9.82. The minimum atomic E-state index is -4.41. The normalized spacial score (nSPS) is 13.2. The number of benzene rings is 1. The molecule has 1 nitrogen and oxygen atoms in total. The van der Waals surface area contributed by atoms with Crippen LogP contribution in [0.25, 0.3) is 0 Å². The molecule has 0 fully saturated rings. The van der Waals surface area contributed by atoms with Crippen LogP contribution in [0.3, 0.4) is 0 Å². The van der Waals surface area contributed by atoms with Gasteiger partial charge >= 0.3 is 6.18 Å². The van der Waals surface area contributed by atoms with E-state index < -0.39 is 17.2 Å². The molecule has 1 N–H and O–H groups in total. The van der Waals surface area contributed by atoms with Crippen molar-refractivity contribution in [3.05, 3.63) is 41.0 Å². The second kappa shape index (κ2) is 4.92. The van der Waals surface area contributed by atoms with Gasteiger partial charge in [-0.2, -0.15) is 13.2 Å². The van der Waals surface area contributed by atoms with Crippen LogP contribution in [0.4, 0.5) is 13.2 Å². The summed E-state index contributed by atoms with van der Waals surface area (Å²) < 4.78 is 39.1. The smallest absolute Gasteiger partial charge is 0.382 e. The molecule has 0 saturated heterocycles. The molecule has 1 aromatic carbocycles. The van der Waals surface area contributed by atoms with Gasteiger partial charge in [0.15, 0.2) is 0 Å². The molecule has 0 unspecified atom stereocenters. The quantitative estimate of drug-likeness (QED) is 0.818. The Morgan fingerprint density at radius 2 is 1.67 bits per heavy atom. The lowest BCUT2D eigenvalue weighted by Crippen LogP contribution is -2.20. The Bertz CT molecular complexity index is 416. The van der Waals surface area contributed by atoms with Gasteiger partial charge in [0, 0.05) is 0 Å². The zero-order valence-electron chi connectivity index (χ0n) is 11.0. The van der Waals surface area contributed by atoms with Crippen LogP contribution in [-0.4, -0.2) is 5.11 Å². The zero-order chi connectivity index (χ0) is 14.1. The van der Waals surface area contributed by atoms with Crippen LogP contribution in [0.15, 0.2) is 18.2 Å². The molecule has 0 aliphatic heterocycles. The number of aliphatic hydroxyl groups is 1. The first-order valence-corrected chi connectivity index (χ1v) is 5.84. The maximum absolute atomic E-state index is 13.0. The molecule has 0 atom stereocenters. The van der Waals surface area contributed by atoms with E-state index in [4.69, 9.17) is 0 Å². The largest absolute Gasteiger partial charge is 0.416 e. The Hall–Kier alpha value is -1.03. The molecular formula is C14H18F3O. The van der Waals surface area contributed by atoms with Gasteiger partial charge in [0.25, 0.3) is 0 Å². The van der Waals surface area contributed by atoms with E-state index in [-0.39, 0.29) is 17.2 Å². The standard InChI is InChI=1S/C14H18F3O/c1-5-12(18)9-6-7-10(13(2,3)4)11(8-9)14(15,16)17/h6-8,18H,5H2,1-4H3. The fourth-order valence-corrected chi connectivity index (χ4v) is 1.82. The second-order valence-corrected chi connectivity index (χ2v) is 5.31. The van der Waals surface area contributed by atoms with Gasteiger partial charge in [-0.1, -0.05) is 39.8 Å². The van der Waals surface area contributed by atoms with Crippen molar-refractivity contribution in [1.29, 1.82) is 0 Å². The molecule has 101 valence electrons. The molecule has 0 bridgehead atoms. The summed E-state index contributed by atoms with van der Waals surface area (Å²) in [5, 5.41) is 9.56. The highest BCUT2D eigenvalue weighted by atomic mass is 19.4. The summed E-state index contributed by atoms with van der Waals surface area (Å²) in [6, 6.07) is 4.01. The van der Waals surface area contributed by atoms with E-state index >= 15 is 0 Å². The third kappa shape index (κ3) is 3.25. The molecular weight excluding hydrogens is 241 g/mol. The third-order valence-electron chi connectivity index (χ3n) is 2.80. The monoisotopic (exact) mass is 259 g/mol. The summed E-state index contributed by atoms with van der Waals surface area (Å²) in [6.45, 7) is 6.90. The van der Waals surface area contributed by atoms with Crippen LogP contribution in [0.1, 0.15) is 50.8 Å². The van der Waals surface area contributed by atoms with Gasteiger partial charge in [0.05, 0.1) is 5.56 Å². The fourth-order valence-electron chi connectivity index (χ4n) is 1.82. The van der Waals surface area contributed by atoms with Crippen molar-refractivity contribution in [2.45, 2.75) is 45.7 Å². The highest BCUT2D eigenvalue weighted by molar-refractivity contribution is 5.41. The van der Waals surface area contributed by atoms with Crippen molar-refractivity contribution in [3.8, 4) is 0 Å². The number of aliphatic hydroxyl groups excluding tert-OH is 1. The van der Waals surface area contributed by atoms with Gasteiger partial charge in [-0.25, -0.2) is 0 Å². The van der Waals surface area contributed by atoms with Crippen LogP contribution < -0.4 is 0 Å². The fraction of sp³-hybridized carbons (Fsp3) is 0.500. The van der Waals surface area contributed by atoms with Crippen LogP contribution in [-0.2, 0) is 11.6 Å². The Balaban J connectivity index is 3.40. The number of rotatable bonds is 2. The molecule has 0 heterocycles. The lowest BCUT2D eigenvalue weighted by molar-refractivity contribution is -0.138. The van der Waals surface area contributed by atoms with Gasteiger partial charge in [-0.05, 0) is 29.0 Å². The first kappa shape index (κ1) is 15.0. The van der Waals surface area contributed by atoms with E-state index in [9.17, 15) is 18.3 Å². The van der Waals surface area contributed by atoms with Crippen molar-refractivity contribution >= 4 is 0 Å². The van der Waals surface area contributed by atoms with Crippen molar-refractivity contribution < 1.29 is 18.3 Å². The Morgan fingerprint density at radius 1 is 1.11 bits per heavy atom. The molecule has 0 spiro atoms. The molecule has 1 rings (SSSR count). The summed E-state index contributed by atoms with van der Waals surface area (Å²) in [4.78, 5) is 0. The summed E-state index contributed by atoms with van der Waals surface area (Å²) >= 11 is 0. The maximum Gasteiger partial charge on any atom is 0.416 e. The first-order valence-electron chi connectivity index (χ1n) is 5.84. The van der Waals surface area contributed by atoms with E-state index in [1.54, 1.807) is 27.7 Å². The van der Waals surface area contributed by atoms with Gasteiger partial charge in [-0.15, -0.1) is 0 Å². The van der Waals surface area contributed by atoms with Crippen molar-refractivity contribution in [1.82, 2.24) is 0 Å². The summed E-state index contributed by atoms with van der Waals surface area (Å²) in [6.07, 6.45) is -4.13. The second-order valence-electron chi connectivity index (χ2n) is 5.31. The Morgan fingerprint density at radius 3 is 2.06 bits per heavy atom. The maximum atomic E-state index is 13.0. The molecule has 4 heteroatoms. The van der Waals surface area contributed by atoms with Gasteiger partial charge < -0.3 is 5.11 Å². The minimum Gasteiger partial charge on any atom is -0.382 e. The van der Waals surface area contributed by atoms with E-state index in [0.29, 0.717) is 6.42 Å². The molecule has 0 aliphatic carbocycles. The van der Waals surface area contributed by atoms with Crippen LogP contribution in [0, 0.1) is 6.10 Å². The molecule has 1 radical (unpaired) electrons. The topological polar surface area (TPSA) is 20.2 Å². The van der Waals surface area contributed by atoms with E-state index in [0.717, 1.165) is 6.07 Å². The summed E-state index contributed by atoms with van der Waals surface area (Å²) in [5.41, 5.74) is -0.793. The molecule has 0 amide bonds. The minimum absolute atomic E-state index is 0.0269. The molecule has 1 aromatic rings. The van der Waals surface area contributed by atoms with Crippen LogP contribution in [0.2, 0.25) is 0 Å². The van der Waals surface area contributed by atoms with E-state index in [1.807, 2.05) is 0 Å². The Kier molecular flexibility index (Phi) is 4.11. The average Bonchev–Trinajstić information content (AvgIpc) is 2.24. The molecule has 18 heavy (non-hydrogen) atoms. The highest BCUT2D eigenvalue weighted by Crippen LogP contribution is 2.38. The van der Waals surface area contributed by atoms with E-state index in [2.05, 4.69) is 0 Å². The van der Waals surface area contributed by atoms with Crippen LogP contribution >= 0.6 is 0 Å². The summed E-state index contributed by atoms with van der Waals surface area (Å²) in [5.74, 6) is 0. The van der Waals surface area contributed by atoms with E-state index in [1.165, 1.54) is 12.1 Å².